The lowest BCUT2D eigenvalue weighted by molar-refractivity contribution is 0.104. The van der Waals surface area contributed by atoms with Crippen LogP contribution in [-0.2, 0) is 10.0 Å². The highest BCUT2D eigenvalue weighted by Gasteiger charge is 2.17. The fraction of sp³-hybridized carbons (Fsp3) is 0.125. The minimum absolute atomic E-state index is 0.136. The van der Waals surface area contributed by atoms with E-state index in [1.54, 1.807) is 10.5 Å². The highest BCUT2D eigenvalue weighted by atomic mass is 35.5. The van der Waals surface area contributed by atoms with Gasteiger partial charge in [-0.1, -0.05) is 11.6 Å². The molecule has 0 spiro atoms. The van der Waals surface area contributed by atoms with Gasteiger partial charge >= 0.3 is 0 Å². The Balaban J connectivity index is 1.84. The molecule has 3 rings (SSSR count). The largest absolute Gasteiger partial charge is 0.289 e. The minimum Gasteiger partial charge on any atom is -0.289 e. The zero-order valence-corrected chi connectivity index (χ0v) is 15.8. The van der Waals surface area contributed by atoms with Crippen LogP contribution in [0, 0.1) is 0 Å². The van der Waals surface area contributed by atoms with Gasteiger partial charge in [0.05, 0.1) is 10.6 Å². The number of nitrogens with zero attached hydrogens (tertiary/aromatic N) is 3. The number of fused-ring (bicyclic) bond motifs is 1. The SMILES string of the molecule is CN(C)S(=O)(=O)c1ccc(C(=O)/C=C/c2c(Cl)nc3sccn23)cc1. The zero-order valence-electron chi connectivity index (χ0n) is 13.4. The predicted octanol–water partition coefficient (Wildman–Crippen LogP) is 3.20. The Morgan fingerprint density at radius 1 is 1.28 bits per heavy atom. The van der Waals surface area contributed by atoms with Gasteiger partial charge in [-0.05, 0) is 36.4 Å². The first-order chi connectivity index (χ1) is 11.8. The van der Waals surface area contributed by atoms with Crippen LogP contribution >= 0.6 is 22.9 Å². The summed E-state index contributed by atoms with van der Waals surface area (Å²) in [6.07, 6.45) is 4.81. The Hall–Kier alpha value is -2.00. The molecule has 0 saturated carbocycles. The molecule has 0 radical (unpaired) electrons. The molecule has 0 amide bonds. The molecule has 0 aliphatic heterocycles. The summed E-state index contributed by atoms with van der Waals surface area (Å²) >= 11 is 7.53. The molecule has 2 heterocycles. The van der Waals surface area contributed by atoms with Gasteiger partial charge in [0, 0.05) is 31.2 Å². The number of allylic oxidation sites excluding steroid dienone is 1. The van der Waals surface area contributed by atoms with E-state index < -0.39 is 10.0 Å². The number of benzene rings is 1. The van der Waals surface area contributed by atoms with Gasteiger partial charge < -0.3 is 0 Å². The Morgan fingerprint density at radius 3 is 2.60 bits per heavy atom. The lowest BCUT2D eigenvalue weighted by Crippen LogP contribution is -2.22. The lowest BCUT2D eigenvalue weighted by atomic mass is 10.1. The zero-order chi connectivity index (χ0) is 18.2. The number of thiazole rings is 1. The summed E-state index contributed by atoms with van der Waals surface area (Å²) in [5.74, 6) is -0.255. The molecule has 0 fully saturated rings. The third kappa shape index (κ3) is 3.38. The van der Waals surface area contributed by atoms with Crippen LogP contribution in [0.25, 0.3) is 11.0 Å². The van der Waals surface area contributed by atoms with Gasteiger partial charge in [0.1, 0.15) is 0 Å². The van der Waals surface area contributed by atoms with Gasteiger partial charge in [-0.3, -0.25) is 9.20 Å². The highest BCUT2D eigenvalue weighted by molar-refractivity contribution is 7.89. The van der Waals surface area contributed by atoms with Crippen molar-refractivity contribution in [3.63, 3.8) is 0 Å². The van der Waals surface area contributed by atoms with Crippen molar-refractivity contribution < 1.29 is 13.2 Å². The van der Waals surface area contributed by atoms with Crippen molar-refractivity contribution in [1.29, 1.82) is 0 Å². The number of hydrogen-bond donors (Lipinski definition) is 0. The first-order valence-corrected chi connectivity index (χ1v) is 9.86. The molecule has 1 aromatic carbocycles. The van der Waals surface area contributed by atoms with E-state index >= 15 is 0 Å². The molecule has 130 valence electrons. The van der Waals surface area contributed by atoms with E-state index in [0.29, 0.717) is 16.4 Å². The number of ketones is 1. The molecule has 0 aliphatic rings. The molecule has 6 nitrogen and oxygen atoms in total. The van der Waals surface area contributed by atoms with E-state index in [1.165, 1.54) is 55.8 Å². The van der Waals surface area contributed by atoms with Gasteiger partial charge in [-0.15, -0.1) is 11.3 Å². The summed E-state index contributed by atoms with van der Waals surface area (Å²) < 4.78 is 27.0. The number of aromatic nitrogens is 2. The maximum Gasteiger partial charge on any atom is 0.242 e. The van der Waals surface area contributed by atoms with E-state index in [2.05, 4.69) is 4.98 Å². The van der Waals surface area contributed by atoms with Crippen molar-refractivity contribution in [2.45, 2.75) is 4.90 Å². The number of carbonyl (C=O) groups excluding carboxylic acids is 1. The predicted molar refractivity (Wildman–Crippen MR) is 98.8 cm³/mol. The second-order valence-corrected chi connectivity index (χ2v) is 8.74. The van der Waals surface area contributed by atoms with Crippen LogP contribution in [-0.4, -0.2) is 42.0 Å². The molecule has 0 bridgehead atoms. The van der Waals surface area contributed by atoms with Gasteiger partial charge in [-0.2, -0.15) is 0 Å². The van der Waals surface area contributed by atoms with Crippen molar-refractivity contribution in [3.8, 4) is 0 Å². The molecule has 2 aromatic heterocycles. The third-order valence-corrected chi connectivity index (χ3v) is 6.43. The summed E-state index contributed by atoms with van der Waals surface area (Å²) in [4.78, 5) is 17.4. The van der Waals surface area contributed by atoms with E-state index in [1.807, 2.05) is 11.6 Å². The van der Waals surface area contributed by atoms with Crippen molar-refractivity contribution >= 4 is 49.8 Å². The average Bonchev–Trinajstić information content (AvgIpc) is 3.13. The molecule has 0 N–H and O–H groups in total. The number of carbonyl (C=O) groups is 1. The average molecular weight is 396 g/mol. The van der Waals surface area contributed by atoms with Crippen LogP contribution in [0.3, 0.4) is 0 Å². The first kappa shape index (κ1) is 17.8. The van der Waals surface area contributed by atoms with Gasteiger partial charge in [-0.25, -0.2) is 17.7 Å². The molecule has 25 heavy (non-hydrogen) atoms. The standard InChI is InChI=1S/C16H14ClN3O3S2/c1-19(2)25(22,23)12-5-3-11(4-6-12)14(21)8-7-13-15(17)18-16-20(13)9-10-24-16/h3-10H,1-2H3/b8-7+. The second kappa shape index (κ2) is 6.72. The minimum atomic E-state index is -3.51. The molecule has 0 unspecified atom stereocenters. The maximum atomic E-state index is 12.3. The number of sulfonamides is 1. The quantitative estimate of drug-likeness (QED) is 0.491. The number of rotatable bonds is 5. The highest BCUT2D eigenvalue weighted by Crippen LogP contribution is 2.22. The molecule has 9 heteroatoms. The molecular weight excluding hydrogens is 382 g/mol. The van der Waals surface area contributed by atoms with E-state index in [-0.39, 0.29) is 10.7 Å². The van der Waals surface area contributed by atoms with E-state index in [9.17, 15) is 13.2 Å². The van der Waals surface area contributed by atoms with Crippen LogP contribution in [0.15, 0.2) is 46.8 Å². The summed E-state index contributed by atoms with van der Waals surface area (Å²) in [7, 11) is -0.603. The number of hydrogen-bond acceptors (Lipinski definition) is 5. The smallest absolute Gasteiger partial charge is 0.242 e. The molecular formula is C16H14ClN3O3S2. The summed E-state index contributed by atoms with van der Waals surface area (Å²) in [6.45, 7) is 0. The second-order valence-electron chi connectivity index (χ2n) is 5.35. The van der Waals surface area contributed by atoms with Crippen LogP contribution in [0.5, 0.6) is 0 Å². The monoisotopic (exact) mass is 395 g/mol. The van der Waals surface area contributed by atoms with Crippen molar-refractivity contribution in [1.82, 2.24) is 13.7 Å². The lowest BCUT2D eigenvalue weighted by Gasteiger charge is -2.11. The molecule has 3 aromatic rings. The van der Waals surface area contributed by atoms with Gasteiger partial charge in [0.25, 0.3) is 0 Å². The van der Waals surface area contributed by atoms with E-state index in [0.717, 1.165) is 9.27 Å². The fourth-order valence-electron chi connectivity index (χ4n) is 2.18. The Bertz CT molecular complexity index is 1060. The van der Waals surface area contributed by atoms with Crippen molar-refractivity contribution in [2.24, 2.45) is 0 Å². The van der Waals surface area contributed by atoms with Crippen molar-refractivity contribution in [2.75, 3.05) is 14.1 Å². The van der Waals surface area contributed by atoms with Crippen LogP contribution in [0.4, 0.5) is 0 Å². The number of halogens is 1. The Labute approximate surface area is 154 Å². The van der Waals surface area contributed by atoms with Crippen LogP contribution < -0.4 is 0 Å². The summed E-state index contributed by atoms with van der Waals surface area (Å²) in [6, 6.07) is 5.81. The molecule has 0 saturated heterocycles. The van der Waals surface area contributed by atoms with Gasteiger partial charge in [0.15, 0.2) is 15.9 Å². The van der Waals surface area contributed by atoms with Crippen LogP contribution in [0.1, 0.15) is 16.1 Å². The third-order valence-electron chi connectivity index (χ3n) is 3.56. The number of imidazole rings is 1. The normalized spacial score (nSPS) is 12.5. The molecule has 0 aliphatic carbocycles. The van der Waals surface area contributed by atoms with Gasteiger partial charge in [0.2, 0.25) is 10.0 Å². The summed E-state index contributed by atoms with van der Waals surface area (Å²) in [5, 5.41) is 2.20. The fourth-order valence-corrected chi connectivity index (χ4v) is 4.09. The maximum absolute atomic E-state index is 12.3. The first-order valence-electron chi connectivity index (χ1n) is 7.17. The topological polar surface area (TPSA) is 71.8 Å². The van der Waals surface area contributed by atoms with Crippen molar-refractivity contribution in [3.05, 3.63) is 58.3 Å². The molecule has 0 atom stereocenters. The Morgan fingerprint density at radius 2 is 1.96 bits per heavy atom. The van der Waals surface area contributed by atoms with E-state index in [4.69, 9.17) is 11.6 Å². The van der Waals surface area contributed by atoms with Crippen LogP contribution in [0.2, 0.25) is 5.15 Å². The summed E-state index contributed by atoms with van der Waals surface area (Å²) in [5.41, 5.74) is 1.01. The Kier molecular flexibility index (Phi) is 4.79.